The second kappa shape index (κ2) is 10.7. The van der Waals surface area contributed by atoms with Crippen molar-refractivity contribution in [3.63, 3.8) is 0 Å². The summed E-state index contributed by atoms with van der Waals surface area (Å²) in [4.78, 5) is 21.2. The number of benzene rings is 3. The number of aromatic nitrogens is 2. The molecule has 3 aromatic carbocycles. The molecule has 180 valence electrons. The number of amides is 2. The second-order valence-electron chi connectivity index (χ2n) is 7.60. The number of rotatable bonds is 7. The molecular weight excluding hydrogens is 491 g/mol. The largest absolute Gasteiger partial charge is 0.505 e. The van der Waals surface area contributed by atoms with E-state index >= 15 is 0 Å². The number of halogens is 2. The van der Waals surface area contributed by atoms with Gasteiger partial charge in [-0.25, -0.2) is 9.78 Å². The fourth-order valence-electron chi connectivity index (χ4n) is 3.48. The van der Waals surface area contributed by atoms with Crippen molar-refractivity contribution in [3.8, 4) is 28.4 Å². The van der Waals surface area contributed by atoms with E-state index in [1.807, 2.05) is 18.2 Å². The number of anilines is 1. The molecule has 10 heteroatoms. The molecule has 0 fully saturated rings. The molecule has 0 radical (unpaired) electrons. The van der Waals surface area contributed by atoms with Gasteiger partial charge in [0.15, 0.2) is 11.6 Å². The van der Waals surface area contributed by atoms with Crippen molar-refractivity contribution >= 4 is 46.1 Å². The summed E-state index contributed by atoms with van der Waals surface area (Å²) in [6.07, 6.45) is 2.08. The fraction of sp³-hybridized carbons (Fsp3) is 0.160. The molecule has 0 saturated carbocycles. The number of aromatic hydroxyl groups is 1. The van der Waals surface area contributed by atoms with Gasteiger partial charge in [-0.1, -0.05) is 29.3 Å². The van der Waals surface area contributed by atoms with Crippen LogP contribution < -0.4 is 20.1 Å². The van der Waals surface area contributed by atoms with Crippen molar-refractivity contribution in [1.29, 1.82) is 0 Å². The van der Waals surface area contributed by atoms with E-state index < -0.39 is 6.03 Å². The number of nitrogens with zero attached hydrogens (tertiary/aromatic N) is 2. The zero-order chi connectivity index (χ0) is 24.9. The first kappa shape index (κ1) is 24.4. The number of fused-ring (bicyclic) bond motifs is 1. The Morgan fingerprint density at radius 3 is 2.29 bits per heavy atom. The number of phenolic OH excluding ortho intramolecular Hbond substituents is 1. The van der Waals surface area contributed by atoms with Crippen LogP contribution in [0.25, 0.3) is 22.2 Å². The average Bonchev–Trinajstić information content (AvgIpc) is 2.86. The first-order valence-electron chi connectivity index (χ1n) is 10.6. The highest BCUT2D eigenvalue weighted by Gasteiger charge is 2.11. The normalized spacial score (nSPS) is 10.7. The van der Waals surface area contributed by atoms with Gasteiger partial charge in [0.05, 0.1) is 41.5 Å². The van der Waals surface area contributed by atoms with Gasteiger partial charge < -0.3 is 19.9 Å². The number of hydrogen-bond donors (Lipinski definition) is 3. The smallest absolute Gasteiger partial charge is 0.320 e. The molecule has 1 heterocycles. The minimum atomic E-state index is -0.401. The summed E-state index contributed by atoms with van der Waals surface area (Å²) >= 11 is 12.1. The van der Waals surface area contributed by atoms with E-state index in [-0.39, 0.29) is 15.8 Å². The Morgan fingerprint density at radius 1 is 0.943 bits per heavy atom. The standard InChI is InChI=1S/C25H22Cl2N4O4/c1-34-17-7-14(8-18(12-17)35-2)5-6-28-25(33)31-23-13-29-21-4-3-15(11-22(21)30-23)16-9-19(26)24(32)20(27)10-16/h3-4,7-13,32H,5-6H2,1-2H3,(H2,28,30,31,33). The van der Waals surface area contributed by atoms with Crippen LogP contribution >= 0.6 is 23.2 Å². The summed E-state index contributed by atoms with van der Waals surface area (Å²) in [5.74, 6) is 1.51. The highest BCUT2D eigenvalue weighted by Crippen LogP contribution is 2.36. The summed E-state index contributed by atoms with van der Waals surface area (Å²) in [7, 11) is 3.18. The molecule has 0 aliphatic rings. The minimum Gasteiger partial charge on any atom is -0.505 e. The Kier molecular flexibility index (Phi) is 7.43. The molecule has 0 aliphatic carbocycles. The molecule has 0 bridgehead atoms. The van der Waals surface area contributed by atoms with E-state index in [9.17, 15) is 9.90 Å². The third-order valence-corrected chi connectivity index (χ3v) is 5.82. The first-order valence-corrected chi connectivity index (χ1v) is 11.3. The number of carbonyl (C=O) groups excluding carboxylic acids is 1. The maximum Gasteiger partial charge on any atom is 0.320 e. The van der Waals surface area contributed by atoms with Crippen molar-refractivity contribution in [2.75, 3.05) is 26.1 Å². The zero-order valence-electron chi connectivity index (χ0n) is 18.9. The van der Waals surface area contributed by atoms with Gasteiger partial charge in [-0.2, -0.15) is 0 Å². The number of methoxy groups -OCH3 is 2. The molecule has 35 heavy (non-hydrogen) atoms. The van der Waals surface area contributed by atoms with Crippen LogP contribution in [0.5, 0.6) is 17.2 Å². The molecular formula is C25H22Cl2N4O4. The van der Waals surface area contributed by atoms with Gasteiger partial charge in [0.1, 0.15) is 11.5 Å². The Morgan fingerprint density at radius 2 is 1.63 bits per heavy atom. The molecule has 0 aliphatic heterocycles. The fourth-order valence-corrected chi connectivity index (χ4v) is 3.96. The number of urea groups is 1. The lowest BCUT2D eigenvalue weighted by Crippen LogP contribution is -2.30. The molecule has 4 rings (SSSR count). The maximum atomic E-state index is 12.4. The van der Waals surface area contributed by atoms with Crippen LogP contribution in [0, 0.1) is 0 Å². The van der Waals surface area contributed by atoms with E-state index in [1.165, 1.54) is 6.20 Å². The van der Waals surface area contributed by atoms with Crippen LogP contribution in [0.3, 0.4) is 0 Å². The van der Waals surface area contributed by atoms with E-state index in [0.29, 0.717) is 46.9 Å². The van der Waals surface area contributed by atoms with Gasteiger partial charge in [0.2, 0.25) is 0 Å². The van der Waals surface area contributed by atoms with E-state index in [4.69, 9.17) is 32.7 Å². The van der Waals surface area contributed by atoms with Crippen LogP contribution in [-0.4, -0.2) is 41.9 Å². The highest BCUT2D eigenvalue weighted by molar-refractivity contribution is 6.37. The van der Waals surface area contributed by atoms with Gasteiger partial charge in [0.25, 0.3) is 0 Å². The van der Waals surface area contributed by atoms with E-state index in [2.05, 4.69) is 20.6 Å². The lowest BCUT2D eigenvalue weighted by atomic mass is 10.0. The van der Waals surface area contributed by atoms with Gasteiger partial charge in [-0.3, -0.25) is 10.3 Å². The van der Waals surface area contributed by atoms with Crippen molar-refractivity contribution < 1.29 is 19.4 Å². The Balaban J connectivity index is 1.43. The number of ether oxygens (including phenoxy) is 2. The molecule has 8 nitrogen and oxygen atoms in total. The molecule has 2 amide bonds. The zero-order valence-corrected chi connectivity index (χ0v) is 20.4. The van der Waals surface area contributed by atoms with Crippen LogP contribution in [0.2, 0.25) is 10.0 Å². The lowest BCUT2D eigenvalue weighted by molar-refractivity contribution is 0.252. The predicted molar refractivity (Wildman–Crippen MR) is 137 cm³/mol. The first-order chi connectivity index (χ1) is 16.9. The Labute approximate surface area is 211 Å². The van der Waals surface area contributed by atoms with Gasteiger partial charge in [0, 0.05) is 12.6 Å². The average molecular weight is 513 g/mol. The number of carbonyl (C=O) groups is 1. The number of nitrogens with one attached hydrogen (secondary N) is 2. The lowest BCUT2D eigenvalue weighted by Gasteiger charge is -2.10. The third kappa shape index (κ3) is 5.85. The van der Waals surface area contributed by atoms with Crippen molar-refractivity contribution in [2.24, 2.45) is 0 Å². The topological polar surface area (TPSA) is 106 Å². The van der Waals surface area contributed by atoms with Crippen molar-refractivity contribution in [3.05, 3.63) is 70.3 Å². The van der Waals surface area contributed by atoms with E-state index in [1.54, 1.807) is 44.6 Å². The van der Waals surface area contributed by atoms with Crippen molar-refractivity contribution in [1.82, 2.24) is 15.3 Å². The van der Waals surface area contributed by atoms with Crippen molar-refractivity contribution in [2.45, 2.75) is 6.42 Å². The van der Waals surface area contributed by atoms with Gasteiger partial charge in [-0.15, -0.1) is 0 Å². The van der Waals surface area contributed by atoms with E-state index in [0.717, 1.165) is 11.1 Å². The predicted octanol–water partition coefficient (Wildman–Crippen LogP) is 5.69. The number of hydrogen-bond acceptors (Lipinski definition) is 6. The second-order valence-corrected chi connectivity index (χ2v) is 8.41. The molecule has 0 unspecified atom stereocenters. The Bertz CT molecular complexity index is 1350. The van der Waals surface area contributed by atoms with Crippen LogP contribution in [0.1, 0.15) is 5.56 Å². The van der Waals surface area contributed by atoms with Crippen LogP contribution in [0.15, 0.2) is 54.7 Å². The SMILES string of the molecule is COc1cc(CCNC(=O)Nc2cnc3ccc(-c4cc(Cl)c(O)c(Cl)c4)cc3n2)cc(OC)c1. The number of phenols is 1. The molecule has 0 atom stereocenters. The summed E-state index contributed by atoms with van der Waals surface area (Å²) in [6.45, 7) is 0.398. The summed E-state index contributed by atoms with van der Waals surface area (Å²) < 4.78 is 10.5. The molecule has 3 N–H and O–H groups in total. The molecule has 4 aromatic rings. The van der Waals surface area contributed by atoms with Crippen LogP contribution in [-0.2, 0) is 6.42 Å². The molecule has 0 saturated heterocycles. The maximum absolute atomic E-state index is 12.4. The molecule has 1 aromatic heterocycles. The van der Waals surface area contributed by atoms with Crippen LogP contribution in [0.4, 0.5) is 10.6 Å². The monoisotopic (exact) mass is 512 g/mol. The third-order valence-electron chi connectivity index (χ3n) is 5.24. The van der Waals surface area contributed by atoms with Gasteiger partial charge in [-0.05, 0) is 59.5 Å². The Hall–Kier alpha value is -3.75. The summed E-state index contributed by atoms with van der Waals surface area (Å²) in [5, 5.41) is 15.6. The highest BCUT2D eigenvalue weighted by atomic mass is 35.5. The summed E-state index contributed by atoms with van der Waals surface area (Å²) in [5.41, 5.74) is 3.69. The quantitative estimate of drug-likeness (QED) is 0.293. The molecule has 0 spiro atoms. The minimum absolute atomic E-state index is 0.151. The summed E-state index contributed by atoms with van der Waals surface area (Å²) in [6, 6.07) is 13.9. The van der Waals surface area contributed by atoms with Gasteiger partial charge >= 0.3 is 6.03 Å².